The van der Waals surface area contributed by atoms with Crippen LogP contribution in [0.5, 0.6) is 17.2 Å². The Morgan fingerprint density at radius 1 is 0.617 bits per heavy atom. The van der Waals surface area contributed by atoms with Gasteiger partial charge in [-0.25, -0.2) is 9.97 Å². The molecule has 0 unspecified atom stereocenters. The minimum atomic E-state index is -0.370. The maximum Gasteiger partial charge on any atom is 0.270 e. The van der Waals surface area contributed by atoms with Gasteiger partial charge < -0.3 is 29.1 Å². The van der Waals surface area contributed by atoms with Crippen LogP contribution in [0.15, 0.2) is 84.9 Å². The highest BCUT2D eigenvalue weighted by molar-refractivity contribution is 5.98. The van der Waals surface area contributed by atoms with E-state index < -0.39 is 0 Å². The van der Waals surface area contributed by atoms with Gasteiger partial charge in [0, 0.05) is 76.2 Å². The van der Waals surface area contributed by atoms with Crippen molar-refractivity contribution in [2.24, 2.45) is 0 Å². The summed E-state index contributed by atoms with van der Waals surface area (Å²) in [7, 11) is 8.85. The van der Waals surface area contributed by atoms with Gasteiger partial charge in [0.05, 0.1) is 49.0 Å². The first-order valence-corrected chi connectivity index (χ1v) is 20.2. The minimum absolute atomic E-state index is 0.00519. The van der Waals surface area contributed by atoms with Gasteiger partial charge in [-0.2, -0.15) is 0 Å². The zero-order valence-corrected chi connectivity index (χ0v) is 34.8. The predicted octanol–water partition coefficient (Wildman–Crippen LogP) is 11.8. The summed E-state index contributed by atoms with van der Waals surface area (Å²) < 4.78 is 17.4. The zero-order chi connectivity index (χ0) is 41.9. The third kappa shape index (κ3) is 7.61. The van der Waals surface area contributed by atoms with Gasteiger partial charge in [-0.3, -0.25) is 10.1 Å². The smallest absolute Gasteiger partial charge is 0.270 e. The van der Waals surface area contributed by atoms with E-state index in [0.29, 0.717) is 34.2 Å². The van der Waals surface area contributed by atoms with Crippen molar-refractivity contribution in [1.82, 2.24) is 19.9 Å². The number of rotatable bonds is 13. The zero-order valence-electron chi connectivity index (χ0n) is 34.8. The molecule has 0 spiro atoms. The Labute approximate surface area is 349 Å². The van der Waals surface area contributed by atoms with Crippen LogP contribution in [0.2, 0.25) is 0 Å². The Morgan fingerprint density at radius 3 is 1.73 bits per heavy atom. The first kappa shape index (κ1) is 39.7. The van der Waals surface area contributed by atoms with Crippen LogP contribution in [-0.4, -0.2) is 60.3 Å². The average Bonchev–Trinajstić information content (AvgIpc) is 4.11. The molecule has 0 saturated heterocycles. The van der Waals surface area contributed by atoms with Gasteiger partial charge in [0.1, 0.15) is 0 Å². The van der Waals surface area contributed by atoms with Crippen molar-refractivity contribution in [1.29, 1.82) is 0 Å². The van der Waals surface area contributed by atoms with Crippen LogP contribution >= 0.6 is 0 Å². The number of methoxy groups -OCH3 is 3. The fourth-order valence-corrected chi connectivity index (χ4v) is 8.09. The number of fused-ring (bicyclic) bond motifs is 8. The van der Waals surface area contributed by atoms with E-state index in [1.165, 1.54) is 6.07 Å². The van der Waals surface area contributed by atoms with Crippen molar-refractivity contribution >= 4 is 57.7 Å². The summed E-state index contributed by atoms with van der Waals surface area (Å²) in [6.07, 6.45) is 13.4. The van der Waals surface area contributed by atoms with Crippen molar-refractivity contribution < 1.29 is 19.1 Å². The van der Waals surface area contributed by atoms with Crippen molar-refractivity contribution in [3.63, 3.8) is 0 Å². The highest BCUT2D eigenvalue weighted by atomic mass is 16.6. The second-order valence-electron chi connectivity index (χ2n) is 15.1. The van der Waals surface area contributed by atoms with Gasteiger partial charge >= 0.3 is 0 Å². The molecule has 8 bridgehead atoms. The fraction of sp³-hybridized carbons (Fsp3) is 0.224. The highest BCUT2D eigenvalue weighted by Gasteiger charge is 2.22. The molecule has 2 aliphatic heterocycles. The minimum Gasteiger partial charge on any atom is -0.493 e. The Morgan fingerprint density at radius 2 is 1.17 bits per heavy atom. The molecule has 6 aromatic rings. The number of anilines is 1. The Bertz CT molecular complexity index is 2810. The Hall–Kier alpha value is -7.14. The van der Waals surface area contributed by atoms with E-state index in [1.54, 1.807) is 33.5 Å². The number of hydrogen-bond acceptors (Lipinski definition) is 8. The molecule has 11 nitrogen and oxygen atoms in total. The van der Waals surface area contributed by atoms with Crippen LogP contribution in [-0.2, 0) is 6.42 Å². The summed E-state index contributed by atoms with van der Waals surface area (Å²) in [5.74, 6) is 1.47. The van der Waals surface area contributed by atoms with Gasteiger partial charge in [-0.05, 0) is 102 Å². The molecule has 3 aromatic carbocycles. The summed E-state index contributed by atoms with van der Waals surface area (Å²) in [4.78, 5) is 32.0. The largest absolute Gasteiger partial charge is 0.493 e. The molecule has 2 aliphatic rings. The molecule has 2 N–H and O–H groups in total. The highest BCUT2D eigenvalue weighted by Crippen LogP contribution is 2.44. The number of H-pyrrole nitrogens is 2. The van der Waals surface area contributed by atoms with Gasteiger partial charge in [0.15, 0.2) is 11.5 Å². The third-order valence-electron chi connectivity index (χ3n) is 11.1. The number of aromatic amines is 2. The summed E-state index contributed by atoms with van der Waals surface area (Å²) in [5, 5.41) is 12.1. The van der Waals surface area contributed by atoms with E-state index in [1.807, 2.05) is 56.6 Å². The molecule has 60 heavy (non-hydrogen) atoms. The number of benzene rings is 3. The number of hydrogen-bond donors (Lipinski definition) is 2. The normalized spacial score (nSPS) is 11.8. The van der Waals surface area contributed by atoms with E-state index in [-0.39, 0.29) is 10.6 Å². The SMILES string of the molecule is CCCCCCc1c2nc(c(-c3cccc([N+](=O)[O-])c3)c3ccc([nH]3)c(-c3cc(OC)c(OC)c(OC)c3)c3nc(c(-c4ccc(N(C)C)cc4)c4ccc1[nH]4)C=C3)C=C2. The number of non-ortho nitro benzene ring substituents is 1. The number of nitro benzene ring substituents is 1. The van der Waals surface area contributed by atoms with Gasteiger partial charge in [0.2, 0.25) is 5.75 Å². The van der Waals surface area contributed by atoms with Crippen LogP contribution in [0, 0.1) is 10.1 Å². The number of unbranched alkanes of at least 4 members (excludes halogenated alkanes) is 3. The standard InChI is InChI=1S/C49H48N6O5/c1-7-8-9-10-14-35-36-19-21-38(50-36)46(30-15-17-33(18-16-30)54(2)3)39-23-25-42(52-39)48(32-28-44(58-4)49(60-6)45(29-32)59-5)43-26-24-41(53-43)47(40-22-20-37(35)51-40)31-12-11-13-34(27-31)55(56)57/h11-13,15-29,50,53H,7-10,14H2,1-6H3. The molecule has 0 saturated carbocycles. The molecule has 0 fully saturated rings. The number of aromatic nitrogens is 4. The number of nitro groups is 1. The third-order valence-corrected chi connectivity index (χ3v) is 11.1. The lowest BCUT2D eigenvalue weighted by molar-refractivity contribution is -0.384. The van der Waals surface area contributed by atoms with E-state index in [4.69, 9.17) is 24.2 Å². The van der Waals surface area contributed by atoms with Crippen LogP contribution in [0.4, 0.5) is 11.4 Å². The van der Waals surface area contributed by atoms with Crippen LogP contribution in [0.25, 0.3) is 79.8 Å². The lowest BCUT2D eigenvalue weighted by atomic mass is 10.0. The quantitative estimate of drug-likeness (QED) is 0.0669. The molecule has 0 radical (unpaired) electrons. The molecule has 304 valence electrons. The number of nitrogens with zero attached hydrogens (tertiary/aromatic N) is 4. The van der Waals surface area contributed by atoms with Crippen LogP contribution < -0.4 is 19.1 Å². The number of ether oxygens (including phenoxy) is 3. The van der Waals surface area contributed by atoms with Gasteiger partial charge in [0.25, 0.3) is 5.69 Å². The summed E-state index contributed by atoms with van der Waals surface area (Å²) in [6.45, 7) is 2.22. The van der Waals surface area contributed by atoms with E-state index in [2.05, 4.69) is 70.3 Å². The fourth-order valence-electron chi connectivity index (χ4n) is 8.09. The molecular formula is C49H48N6O5. The van der Waals surface area contributed by atoms with Crippen molar-refractivity contribution in [3.8, 4) is 50.6 Å². The molecule has 0 atom stereocenters. The van der Waals surface area contributed by atoms with Crippen molar-refractivity contribution in [2.75, 3.05) is 40.3 Å². The number of aryl methyl sites for hydroxylation is 1. The molecule has 0 aliphatic carbocycles. The molecule has 11 heteroatoms. The predicted molar refractivity (Wildman–Crippen MR) is 244 cm³/mol. The van der Waals surface area contributed by atoms with E-state index >= 15 is 0 Å². The first-order chi connectivity index (χ1) is 29.2. The Balaban J connectivity index is 1.53. The first-order valence-electron chi connectivity index (χ1n) is 20.2. The molecule has 0 amide bonds. The monoisotopic (exact) mass is 800 g/mol. The van der Waals surface area contributed by atoms with Gasteiger partial charge in [-0.1, -0.05) is 50.5 Å². The average molecular weight is 801 g/mol. The molecule has 5 heterocycles. The van der Waals surface area contributed by atoms with Gasteiger partial charge in [-0.15, -0.1) is 0 Å². The number of nitrogens with one attached hydrogen (secondary N) is 2. The second kappa shape index (κ2) is 17.0. The van der Waals surface area contributed by atoms with E-state index in [0.717, 1.165) is 105 Å². The Kier molecular flexibility index (Phi) is 11.2. The molecule has 3 aromatic heterocycles. The lowest BCUT2D eigenvalue weighted by Gasteiger charge is -2.15. The van der Waals surface area contributed by atoms with Crippen molar-refractivity contribution in [3.05, 3.63) is 123 Å². The second-order valence-corrected chi connectivity index (χ2v) is 15.1. The molecular weight excluding hydrogens is 753 g/mol. The maximum atomic E-state index is 12.1. The summed E-state index contributed by atoms with van der Waals surface area (Å²) >= 11 is 0. The van der Waals surface area contributed by atoms with Crippen LogP contribution in [0.3, 0.4) is 0 Å². The summed E-state index contributed by atoms with van der Waals surface area (Å²) in [5.41, 5.74) is 13.6. The summed E-state index contributed by atoms with van der Waals surface area (Å²) in [6, 6.07) is 27.4. The van der Waals surface area contributed by atoms with Crippen LogP contribution in [0.1, 0.15) is 60.9 Å². The lowest BCUT2D eigenvalue weighted by Crippen LogP contribution is -2.07. The van der Waals surface area contributed by atoms with E-state index in [9.17, 15) is 10.1 Å². The maximum absolute atomic E-state index is 12.1. The molecule has 8 rings (SSSR count). The topological polar surface area (TPSA) is 131 Å². The van der Waals surface area contributed by atoms with Crippen molar-refractivity contribution in [2.45, 2.75) is 39.0 Å².